The number of carboxylic acids is 2. The van der Waals surface area contributed by atoms with Gasteiger partial charge >= 0.3 is 11.9 Å². The van der Waals surface area contributed by atoms with Gasteiger partial charge in [-0.1, -0.05) is 43.2 Å². The van der Waals surface area contributed by atoms with Gasteiger partial charge in [-0.2, -0.15) is 0 Å². The van der Waals surface area contributed by atoms with E-state index in [1.807, 2.05) is 30.3 Å². The smallest absolute Gasteiger partial charge is 0.335 e. The second-order valence-corrected chi connectivity index (χ2v) is 10.6. The maximum atomic E-state index is 11.2. The summed E-state index contributed by atoms with van der Waals surface area (Å²) >= 11 is 0. The lowest BCUT2D eigenvalue weighted by molar-refractivity contribution is -0.137. The Balaban J connectivity index is 1.53. The predicted molar refractivity (Wildman–Crippen MR) is 148 cm³/mol. The zero-order valence-electron chi connectivity index (χ0n) is 22.8. The van der Waals surface area contributed by atoms with Gasteiger partial charge in [-0.15, -0.1) is 0 Å². The average Bonchev–Trinajstić information content (AvgIpc) is 2.87. The van der Waals surface area contributed by atoms with Crippen molar-refractivity contribution in [2.45, 2.75) is 77.4 Å². The standard InChI is InChI=1S/C31H43NO6/c1-23-21-32(22-24(2)38-23)18-7-19-37-29-10-5-4-9-27(29)15-12-25(8-3-6-11-30(33)34)20-26-13-16-28(17-14-26)31(35)36/h4-5,9-10,13-14,16-17,23-25H,3,6-8,11-12,15,18-22H2,1-2H3,(H,33,34)(H,35,36). The van der Waals surface area contributed by atoms with Gasteiger partial charge in [-0.3, -0.25) is 9.69 Å². The molecule has 1 saturated heterocycles. The molecule has 0 bridgehead atoms. The number of unbranched alkanes of at least 4 members (excludes halogenated alkanes) is 1. The number of benzene rings is 2. The van der Waals surface area contributed by atoms with Crippen molar-refractivity contribution in [1.82, 2.24) is 4.90 Å². The van der Waals surface area contributed by atoms with Gasteiger partial charge in [0, 0.05) is 26.1 Å². The molecule has 7 nitrogen and oxygen atoms in total. The number of hydrogen-bond acceptors (Lipinski definition) is 5. The van der Waals surface area contributed by atoms with Crippen molar-refractivity contribution in [2.75, 3.05) is 26.2 Å². The topological polar surface area (TPSA) is 96.3 Å². The van der Waals surface area contributed by atoms with Crippen LogP contribution in [0.1, 0.15) is 73.9 Å². The highest BCUT2D eigenvalue weighted by molar-refractivity contribution is 5.87. The van der Waals surface area contributed by atoms with E-state index in [0.29, 0.717) is 18.9 Å². The number of carboxylic acid groups (broad SMARTS) is 2. The van der Waals surface area contributed by atoms with Crippen molar-refractivity contribution in [3.63, 3.8) is 0 Å². The Morgan fingerprint density at radius 2 is 1.68 bits per heavy atom. The molecule has 2 aromatic carbocycles. The molecule has 3 unspecified atom stereocenters. The van der Waals surface area contributed by atoms with Crippen molar-refractivity contribution >= 4 is 11.9 Å². The van der Waals surface area contributed by atoms with Crippen LogP contribution in [0.5, 0.6) is 5.75 Å². The fraction of sp³-hybridized carbons (Fsp3) is 0.548. The molecule has 0 saturated carbocycles. The Labute approximate surface area is 226 Å². The third kappa shape index (κ3) is 10.5. The van der Waals surface area contributed by atoms with Gasteiger partial charge in [0.1, 0.15) is 5.75 Å². The molecule has 2 N–H and O–H groups in total. The zero-order valence-corrected chi connectivity index (χ0v) is 22.8. The number of rotatable bonds is 16. The first kappa shape index (κ1) is 29.7. The van der Waals surface area contributed by atoms with E-state index < -0.39 is 11.9 Å². The first-order valence-electron chi connectivity index (χ1n) is 13.9. The number of carbonyl (C=O) groups is 2. The molecule has 3 atom stereocenters. The molecule has 2 aromatic rings. The first-order chi connectivity index (χ1) is 18.3. The summed E-state index contributed by atoms with van der Waals surface area (Å²) in [6.45, 7) is 7.85. The number of para-hydroxylation sites is 1. The molecule has 0 amide bonds. The summed E-state index contributed by atoms with van der Waals surface area (Å²) in [4.78, 5) is 24.6. The Morgan fingerprint density at radius 1 is 0.974 bits per heavy atom. The highest BCUT2D eigenvalue weighted by Gasteiger charge is 2.21. The molecule has 1 heterocycles. The summed E-state index contributed by atoms with van der Waals surface area (Å²) < 4.78 is 12.0. The lowest BCUT2D eigenvalue weighted by Crippen LogP contribution is -2.45. The third-order valence-electron chi connectivity index (χ3n) is 7.14. The van der Waals surface area contributed by atoms with Crippen LogP contribution in [-0.2, 0) is 22.4 Å². The minimum absolute atomic E-state index is 0.193. The maximum Gasteiger partial charge on any atom is 0.335 e. The fourth-order valence-electron chi connectivity index (χ4n) is 5.32. The Hall–Kier alpha value is -2.90. The molecular formula is C31H43NO6. The van der Waals surface area contributed by atoms with Gasteiger partial charge in [-0.05, 0) is 81.2 Å². The number of aliphatic carboxylic acids is 1. The van der Waals surface area contributed by atoms with Crippen LogP contribution in [0.3, 0.4) is 0 Å². The Morgan fingerprint density at radius 3 is 2.37 bits per heavy atom. The number of aromatic carboxylic acids is 1. The quantitative estimate of drug-likeness (QED) is 0.271. The van der Waals surface area contributed by atoms with E-state index in [1.165, 1.54) is 5.56 Å². The lowest BCUT2D eigenvalue weighted by Gasteiger charge is -2.35. The number of ether oxygens (including phenoxy) is 2. The number of nitrogens with zero attached hydrogens (tertiary/aromatic N) is 1. The first-order valence-corrected chi connectivity index (χ1v) is 13.9. The molecular weight excluding hydrogens is 482 g/mol. The molecule has 0 aromatic heterocycles. The van der Waals surface area contributed by atoms with Crippen LogP contribution in [0.4, 0.5) is 0 Å². The SMILES string of the molecule is CC1CN(CCCOc2ccccc2CCC(CCCCC(=O)O)Cc2ccc(C(=O)O)cc2)CC(C)O1. The van der Waals surface area contributed by atoms with Crippen LogP contribution < -0.4 is 4.74 Å². The monoisotopic (exact) mass is 525 g/mol. The normalized spacial score (nSPS) is 18.7. The lowest BCUT2D eigenvalue weighted by atomic mass is 9.88. The van der Waals surface area contributed by atoms with Gasteiger partial charge in [0.15, 0.2) is 0 Å². The maximum absolute atomic E-state index is 11.2. The minimum atomic E-state index is -0.924. The van der Waals surface area contributed by atoms with Crippen LogP contribution in [0.2, 0.25) is 0 Å². The van der Waals surface area contributed by atoms with E-state index >= 15 is 0 Å². The molecule has 208 valence electrons. The van der Waals surface area contributed by atoms with Crippen molar-refractivity contribution in [2.24, 2.45) is 5.92 Å². The number of aryl methyl sites for hydroxylation is 1. The second-order valence-electron chi connectivity index (χ2n) is 10.6. The minimum Gasteiger partial charge on any atom is -0.493 e. The van der Waals surface area contributed by atoms with Crippen molar-refractivity contribution in [1.29, 1.82) is 0 Å². The van der Waals surface area contributed by atoms with Crippen molar-refractivity contribution in [3.8, 4) is 5.75 Å². The predicted octanol–water partition coefficient (Wildman–Crippen LogP) is 5.70. The molecule has 1 aliphatic rings. The Bertz CT molecular complexity index is 998. The summed E-state index contributed by atoms with van der Waals surface area (Å²) in [6, 6.07) is 15.3. The highest BCUT2D eigenvalue weighted by atomic mass is 16.5. The van der Waals surface area contributed by atoms with E-state index in [-0.39, 0.29) is 24.2 Å². The molecule has 1 fully saturated rings. The largest absolute Gasteiger partial charge is 0.493 e. The van der Waals surface area contributed by atoms with Gasteiger partial charge < -0.3 is 19.7 Å². The third-order valence-corrected chi connectivity index (χ3v) is 7.14. The van der Waals surface area contributed by atoms with Crippen LogP contribution in [0.15, 0.2) is 48.5 Å². The highest BCUT2D eigenvalue weighted by Crippen LogP contribution is 2.26. The summed E-state index contributed by atoms with van der Waals surface area (Å²) in [5.74, 6) is -0.369. The molecule has 38 heavy (non-hydrogen) atoms. The van der Waals surface area contributed by atoms with E-state index in [2.05, 4.69) is 24.8 Å². The molecule has 0 spiro atoms. The van der Waals surface area contributed by atoms with Gasteiger partial charge in [0.25, 0.3) is 0 Å². The van der Waals surface area contributed by atoms with E-state index in [4.69, 9.17) is 14.6 Å². The zero-order chi connectivity index (χ0) is 27.3. The van der Waals surface area contributed by atoms with Crippen molar-refractivity contribution in [3.05, 3.63) is 65.2 Å². The fourth-order valence-corrected chi connectivity index (χ4v) is 5.32. The van der Waals surface area contributed by atoms with Crippen LogP contribution in [-0.4, -0.2) is 65.5 Å². The summed E-state index contributed by atoms with van der Waals surface area (Å²) in [5.41, 5.74) is 2.59. The number of hydrogen-bond donors (Lipinski definition) is 2. The van der Waals surface area contributed by atoms with E-state index in [9.17, 15) is 14.7 Å². The second kappa shape index (κ2) is 15.5. The van der Waals surface area contributed by atoms with Crippen LogP contribution >= 0.6 is 0 Å². The molecule has 1 aliphatic heterocycles. The van der Waals surface area contributed by atoms with Crippen LogP contribution in [0.25, 0.3) is 0 Å². The van der Waals surface area contributed by atoms with Crippen LogP contribution in [0, 0.1) is 5.92 Å². The van der Waals surface area contributed by atoms with E-state index in [0.717, 1.165) is 69.5 Å². The molecule has 3 rings (SSSR count). The Kier molecular flexibility index (Phi) is 12.1. The van der Waals surface area contributed by atoms with Gasteiger partial charge in [0.05, 0.1) is 24.4 Å². The number of morpholine rings is 1. The van der Waals surface area contributed by atoms with Crippen molar-refractivity contribution < 1.29 is 29.3 Å². The van der Waals surface area contributed by atoms with Gasteiger partial charge in [-0.25, -0.2) is 4.79 Å². The van der Waals surface area contributed by atoms with E-state index in [1.54, 1.807) is 12.1 Å². The average molecular weight is 526 g/mol. The summed E-state index contributed by atoms with van der Waals surface area (Å²) in [7, 11) is 0. The summed E-state index contributed by atoms with van der Waals surface area (Å²) in [6.07, 6.45) is 6.85. The molecule has 0 aliphatic carbocycles. The molecule has 0 radical (unpaired) electrons. The van der Waals surface area contributed by atoms with Gasteiger partial charge in [0.2, 0.25) is 0 Å². The molecule has 7 heteroatoms. The summed E-state index contributed by atoms with van der Waals surface area (Å²) in [5, 5.41) is 18.2.